The molecule has 1 aromatic heterocycles. The molecule has 1 fully saturated rings. The maximum atomic E-state index is 12.7. The number of hydrogen-bond donors (Lipinski definition) is 1. The van der Waals surface area contributed by atoms with Gasteiger partial charge in [-0.05, 0) is 45.2 Å². The van der Waals surface area contributed by atoms with Crippen LogP contribution in [0.3, 0.4) is 0 Å². The lowest BCUT2D eigenvalue weighted by Crippen LogP contribution is -2.34. The molecule has 0 atom stereocenters. The monoisotopic (exact) mass is 454 g/mol. The third kappa shape index (κ3) is 7.59. The Bertz CT molecular complexity index is 757. The molecule has 31 heavy (non-hydrogen) atoms. The third-order valence-corrected chi connectivity index (χ3v) is 6.48. The van der Waals surface area contributed by atoms with Gasteiger partial charge in [-0.3, -0.25) is 9.69 Å². The van der Waals surface area contributed by atoms with Gasteiger partial charge in [0, 0.05) is 13.7 Å². The first-order valence-corrected chi connectivity index (χ1v) is 11.6. The first-order valence-electron chi connectivity index (χ1n) is 10.8. The molecule has 0 unspecified atom stereocenters. The van der Waals surface area contributed by atoms with Gasteiger partial charge in [0.25, 0.3) is 0 Å². The van der Waals surface area contributed by atoms with E-state index in [2.05, 4.69) is 5.32 Å². The van der Waals surface area contributed by atoms with E-state index in [1.165, 1.54) is 39.2 Å². The fourth-order valence-corrected chi connectivity index (χ4v) is 4.92. The molecule has 1 amide bonds. The van der Waals surface area contributed by atoms with Gasteiger partial charge in [0.1, 0.15) is 16.5 Å². The summed E-state index contributed by atoms with van der Waals surface area (Å²) in [7, 11) is 3.45. The number of rotatable bonds is 11. The molecule has 0 saturated heterocycles. The number of nitrogens with zero attached hydrogens (tertiary/aromatic N) is 1. The van der Waals surface area contributed by atoms with Crippen LogP contribution in [0.15, 0.2) is 0 Å². The molecule has 1 aliphatic rings. The molecule has 1 N–H and O–H groups in total. The summed E-state index contributed by atoms with van der Waals surface area (Å²) in [6.45, 7) is 5.02. The zero-order valence-electron chi connectivity index (χ0n) is 19.0. The van der Waals surface area contributed by atoms with E-state index in [4.69, 9.17) is 14.2 Å². The van der Waals surface area contributed by atoms with Crippen molar-refractivity contribution in [3.8, 4) is 0 Å². The van der Waals surface area contributed by atoms with E-state index in [0.717, 1.165) is 17.9 Å². The van der Waals surface area contributed by atoms with Gasteiger partial charge >= 0.3 is 11.9 Å². The summed E-state index contributed by atoms with van der Waals surface area (Å²) in [4.78, 5) is 39.9. The first kappa shape index (κ1) is 25.3. The molecule has 0 spiro atoms. The predicted octanol–water partition coefficient (Wildman–Crippen LogP) is 3.49. The summed E-state index contributed by atoms with van der Waals surface area (Å²) < 4.78 is 15.2. The first-order chi connectivity index (χ1) is 14.9. The van der Waals surface area contributed by atoms with Gasteiger partial charge in [-0.1, -0.05) is 19.3 Å². The number of likely N-dealkylation sites (N-methyl/N-ethyl adjacent to an activating group) is 1. The average molecular weight is 455 g/mol. The molecule has 0 bridgehead atoms. The predicted molar refractivity (Wildman–Crippen MR) is 120 cm³/mol. The standard InChI is InChI=1S/C22H34N2O6S/c1-5-29-21(26)18-15(2)19(22(27)30-12-11-28-4)31-20(18)23-17(25)14-24(3)13-16-9-7-6-8-10-16/h16H,5-14H2,1-4H3,(H,23,25). The van der Waals surface area contributed by atoms with Crippen molar-refractivity contribution in [2.45, 2.75) is 46.0 Å². The number of carbonyl (C=O) groups excluding carboxylic acids is 3. The molecule has 9 heteroatoms. The van der Waals surface area contributed by atoms with E-state index >= 15 is 0 Å². The number of anilines is 1. The van der Waals surface area contributed by atoms with Crippen molar-refractivity contribution in [3.63, 3.8) is 0 Å². The molecule has 0 radical (unpaired) electrons. The molecule has 174 valence electrons. The minimum atomic E-state index is -0.571. The van der Waals surface area contributed by atoms with Crippen LogP contribution < -0.4 is 5.32 Å². The van der Waals surface area contributed by atoms with Crippen molar-refractivity contribution in [2.24, 2.45) is 5.92 Å². The summed E-state index contributed by atoms with van der Waals surface area (Å²) in [6.07, 6.45) is 6.22. The highest BCUT2D eigenvalue weighted by Gasteiger charge is 2.27. The van der Waals surface area contributed by atoms with Gasteiger partial charge in [-0.25, -0.2) is 9.59 Å². The normalized spacial score (nSPS) is 14.5. The topological polar surface area (TPSA) is 94.2 Å². The maximum absolute atomic E-state index is 12.7. The molecule has 1 aliphatic carbocycles. The minimum absolute atomic E-state index is 0.106. The zero-order chi connectivity index (χ0) is 22.8. The number of amides is 1. The van der Waals surface area contributed by atoms with Crippen LogP contribution in [0.25, 0.3) is 0 Å². The number of carbonyl (C=O) groups is 3. The number of methoxy groups -OCH3 is 1. The van der Waals surface area contributed by atoms with Gasteiger partial charge < -0.3 is 19.5 Å². The molecule has 1 heterocycles. The van der Waals surface area contributed by atoms with Crippen LogP contribution in [0.4, 0.5) is 5.00 Å². The van der Waals surface area contributed by atoms with Gasteiger partial charge in [0.05, 0.1) is 25.3 Å². The number of hydrogen-bond acceptors (Lipinski definition) is 8. The molecule has 0 aliphatic heterocycles. The fraction of sp³-hybridized carbons (Fsp3) is 0.682. The Morgan fingerprint density at radius 3 is 2.45 bits per heavy atom. The van der Waals surface area contributed by atoms with Gasteiger partial charge in [-0.15, -0.1) is 11.3 Å². The Morgan fingerprint density at radius 2 is 1.81 bits per heavy atom. The van der Waals surface area contributed by atoms with E-state index in [-0.39, 0.29) is 42.7 Å². The summed E-state index contributed by atoms with van der Waals surface area (Å²) in [5, 5.41) is 3.12. The summed E-state index contributed by atoms with van der Waals surface area (Å²) in [5.41, 5.74) is 0.644. The average Bonchev–Trinajstić information content (AvgIpc) is 3.04. The van der Waals surface area contributed by atoms with Crippen LogP contribution in [-0.2, 0) is 19.0 Å². The maximum Gasteiger partial charge on any atom is 0.348 e. The van der Waals surface area contributed by atoms with Crippen molar-refractivity contribution < 1.29 is 28.6 Å². The Morgan fingerprint density at radius 1 is 1.10 bits per heavy atom. The second-order valence-corrected chi connectivity index (χ2v) is 8.88. The van der Waals surface area contributed by atoms with Crippen molar-refractivity contribution in [2.75, 3.05) is 52.4 Å². The lowest BCUT2D eigenvalue weighted by molar-refractivity contribution is -0.117. The van der Waals surface area contributed by atoms with E-state index in [9.17, 15) is 14.4 Å². The summed E-state index contributed by atoms with van der Waals surface area (Å²) in [6, 6.07) is 0. The Labute approximate surface area is 188 Å². The smallest absolute Gasteiger partial charge is 0.348 e. The van der Waals surface area contributed by atoms with Crippen LogP contribution >= 0.6 is 11.3 Å². The lowest BCUT2D eigenvalue weighted by Gasteiger charge is -2.26. The summed E-state index contributed by atoms with van der Waals surface area (Å²) in [5.74, 6) is -0.735. The second-order valence-electron chi connectivity index (χ2n) is 7.86. The van der Waals surface area contributed by atoms with E-state index < -0.39 is 11.9 Å². The largest absolute Gasteiger partial charge is 0.462 e. The van der Waals surface area contributed by atoms with Crippen molar-refractivity contribution >= 4 is 34.2 Å². The minimum Gasteiger partial charge on any atom is -0.462 e. The highest BCUT2D eigenvalue weighted by Crippen LogP contribution is 2.34. The van der Waals surface area contributed by atoms with Crippen LogP contribution in [0.1, 0.15) is 64.6 Å². The van der Waals surface area contributed by atoms with Crippen LogP contribution in [-0.4, -0.2) is 69.8 Å². The number of nitrogens with one attached hydrogen (secondary N) is 1. The molecular formula is C22H34N2O6S. The van der Waals surface area contributed by atoms with Crippen molar-refractivity contribution in [1.82, 2.24) is 4.90 Å². The highest BCUT2D eigenvalue weighted by molar-refractivity contribution is 7.18. The van der Waals surface area contributed by atoms with Gasteiger partial charge in [-0.2, -0.15) is 0 Å². The third-order valence-electron chi connectivity index (χ3n) is 5.29. The SMILES string of the molecule is CCOC(=O)c1c(NC(=O)CN(C)CC2CCCCC2)sc(C(=O)OCCOC)c1C. The molecule has 0 aromatic carbocycles. The van der Waals surface area contributed by atoms with E-state index in [0.29, 0.717) is 16.5 Å². The van der Waals surface area contributed by atoms with Gasteiger partial charge in [0.2, 0.25) is 5.91 Å². The van der Waals surface area contributed by atoms with Crippen LogP contribution in [0, 0.1) is 12.8 Å². The number of esters is 2. The van der Waals surface area contributed by atoms with Crippen molar-refractivity contribution in [3.05, 3.63) is 16.0 Å². The Kier molecular flexibility index (Phi) is 10.4. The van der Waals surface area contributed by atoms with E-state index in [1.807, 2.05) is 11.9 Å². The molecule has 1 saturated carbocycles. The van der Waals surface area contributed by atoms with Crippen LogP contribution in [0.5, 0.6) is 0 Å². The Hall–Kier alpha value is -1.97. The van der Waals surface area contributed by atoms with Crippen molar-refractivity contribution in [1.29, 1.82) is 0 Å². The summed E-state index contributed by atoms with van der Waals surface area (Å²) >= 11 is 1.03. The molecular weight excluding hydrogens is 420 g/mol. The lowest BCUT2D eigenvalue weighted by atomic mass is 9.89. The number of thiophene rings is 1. The van der Waals surface area contributed by atoms with Gasteiger partial charge in [0.15, 0.2) is 0 Å². The molecule has 2 rings (SSSR count). The molecule has 8 nitrogen and oxygen atoms in total. The highest BCUT2D eigenvalue weighted by atomic mass is 32.1. The fourth-order valence-electron chi connectivity index (χ4n) is 3.81. The van der Waals surface area contributed by atoms with E-state index in [1.54, 1.807) is 13.8 Å². The second kappa shape index (κ2) is 12.8. The quantitative estimate of drug-likeness (QED) is 0.404. The molecule has 1 aromatic rings. The van der Waals surface area contributed by atoms with Crippen LogP contribution in [0.2, 0.25) is 0 Å². The Balaban J connectivity index is 2.09. The number of ether oxygens (including phenoxy) is 3. The zero-order valence-corrected chi connectivity index (χ0v) is 19.8.